The molecule has 0 unspecified atom stereocenters. The smallest absolute Gasteiger partial charge is 0.0930 e. The summed E-state index contributed by atoms with van der Waals surface area (Å²) >= 11 is 0. The third kappa shape index (κ3) is 0.716. The van der Waals surface area contributed by atoms with Crippen molar-refractivity contribution >= 4 is 0 Å². The second-order valence-corrected chi connectivity index (χ2v) is 1.91. The van der Waals surface area contributed by atoms with E-state index in [1.165, 1.54) is 12.8 Å². The summed E-state index contributed by atoms with van der Waals surface area (Å²) in [5.74, 6) is 0. The van der Waals surface area contributed by atoms with E-state index >= 15 is 0 Å². The van der Waals surface area contributed by atoms with Crippen molar-refractivity contribution in [2.24, 2.45) is 0 Å². The summed E-state index contributed by atoms with van der Waals surface area (Å²) in [4.78, 5) is 0. The van der Waals surface area contributed by atoms with Crippen LogP contribution in [0.15, 0.2) is 0 Å². The highest BCUT2D eigenvalue weighted by Gasteiger charge is 2.11. The highest BCUT2D eigenvalue weighted by Crippen LogP contribution is 2.17. The normalized spacial score (nSPS) is 25.5. The van der Waals surface area contributed by atoms with Gasteiger partial charge in [0.05, 0.1) is 6.10 Å². The van der Waals surface area contributed by atoms with E-state index in [9.17, 15) is 5.11 Å². The predicted molar refractivity (Wildman–Crippen MR) is 22.9 cm³/mol. The number of rotatable bonds is 0. The quantitative estimate of drug-likeness (QED) is 0.423. The molecule has 0 N–H and O–H groups in total. The van der Waals surface area contributed by atoms with E-state index in [0.29, 0.717) is 0 Å². The van der Waals surface area contributed by atoms with E-state index in [1.54, 1.807) is 0 Å². The standard InChI is InChI=1S/C5H9O/c6-5-3-1-2-4-5/h5H,1-4H2. The Morgan fingerprint density at radius 2 is 1.67 bits per heavy atom. The lowest BCUT2D eigenvalue weighted by atomic mass is 10.3. The van der Waals surface area contributed by atoms with Gasteiger partial charge >= 0.3 is 0 Å². The Kier molecular flexibility index (Phi) is 1.10. The van der Waals surface area contributed by atoms with Crippen LogP contribution in [0.5, 0.6) is 0 Å². The Morgan fingerprint density at radius 1 is 1.17 bits per heavy atom. The van der Waals surface area contributed by atoms with Gasteiger partial charge in [-0.25, -0.2) is 5.11 Å². The predicted octanol–water partition coefficient (Wildman–Crippen LogP) is 1.36. The minimum Gasteiger partial charge on any atom is -0.233 e. The van der Waals surface area contributed by atoms with Gasteiger partial charge in [0.2, 0.25) is 0 Å². The van der Waals surface area contributed by atoms with Crippen LogP contribution in [0.2, 0.25) is 0 Å². The monoisotopic (exact) mass is 85.1 g/mol. The van der Waals surface area contributed by atoms with Crippen LogP contribution in [0.3, 0.4) is 0 Å². The minimum absolute atomic E-state index is 0.204. The zero-order valence-corrected chi connectivity index (χ0v) is 3.81. The molecule has 1 aliphatic rings. The third-order valence-corrected chi connectivity index (χ3v) is 1.30. The molecule has 1 nitrogen and oxygen atoms in total. The van der Waals surface area contributed by atoms with Crippen LogP contribution in [-0.4, -0.2) is 6.10 Å². The summed E-state index contributed by atoms with van der Waals surface area (Å²) in [7, 11) is 0. The summed E-state index contributed by atoms with van der Waals surface area (Å²) in [6.07, 6.45) is 4.01. The molecule has 0 aromatic carbocycles. The van der Waals surface area contributed by atoms with Crippen molar-refractivity contribution in [3.63, 3.8) is 0 Å². The molecule has 1 aliphatic carbocycles. The van der Waals surface area contributed by atoms with Gasteiger partial charge in [-0.2, -0.15) is 0 Å². The fraction of sp³-hybridized carbons (Fsp3) is 1.00. The fourth-order valence-electron chi connectivity index (χ4n) is 0.888. The summed E-state index contributed by atoms with van der Waals surface area (Å²) in [5.41, 5.74) is 0. The highest BCUT2D eigenvalue weighted by atomic mass is 16.3. The van der Waals surface area contributed by atoms with Gasteiger partial charge < -0.3 is 0 Å². The average Bonchev–Trinajstić information content (AvgIpc) is 1.86. The fourth-order valence-corrected chi connectivity index (χ4v) is 0.888. The third-order valence-electron chi connectivity index (χ3n) is 1.30. The van der Waals surface area contributed by atoms with Crippen molar-refractivity contribution in [1.29, 1.82) is 0 Å². The first-order valence-corrected chi connectivity index (χ1v) is 2.55. The van der Waals surface area contributed by atoms with Crippen LogP contribution in [0.1, 0.15) is 25.7 Å². The number of hydrogen-bond acceptors (Lipinski definition) is 0. The first-order valence-electron chi connectivity index (χ1n) is 2.55. The van der Waals surface area contributed by atoms with Gasteiger partial charge in [0.1, 0.15) is 0 Å². The van der Waals surface area contributed by atoms with Crippen molar-refractivity contribution in [3.05, 3.63) is 0 Å². The van der Waals surface area contributed by atoms with E-state index < -0.39 is 0 Å². The molecule has 35 valence electrons. The molecule has 0 aromatic heterocycles. The molecule has 0 heterocycles. The van der Waals surface area contributed by atoms with Gasteiger partial charge in [-0.05, 0) is 12.8 Å². The molecule has 0 atom stereocenters. The summed E-state index contributed by atoms with van der Waals surface area (Å²) in [6, 6.07) is 0. The second-order valence-electron chi connectivity index (χ2n) is 1.91. The highest BCUT2D eigenvalue weighted by molar-refractivity contribution is 4.62. The lowest BCUT2D eigenvalue weighted by molar-refractivity contribution is 0.0956. The van der Waals surface area contributed by atoms with Crippen molar-refractivity contribution in [3.8, 4) is 0 Å². The Bertz CT molecular complexity index is 37.2. The topological polar surface area (TPSA) is 19.9 Å². The molecule has 1 radical (unpaired) electrons. The van der Waals surface area contributed by atoms with Gasteiger partial charge in [-0.15, -0.1) is 0 Å². The van der Waals surface area contributed by atoms with Crippen LogP contribution in [0.4, 0.5) is 0 Å². The van der Waals surface area contributed by atoms with Crippen molar-refractivity contribution in [2.45, 2.75) is 31.8 Å². The molecular formula is C5H9O. The molecular weight excluding hydrogens is 76.1 g/mol. The van der Waals surface area contributed by atoms with Crippen molar-refractivity contribution in [1.82, 2.24) is 0 Å². The first-order chi connectivity index (χ1) is 2.89. The summed E-state index contributed by atoms with van der Waals surface area (Å²) in [6.45, 7) is 0. The van der Waals surface area contributed by atoms with Gasteiger partial charge in [0, 0.05) is 0 Å². The molecule has 0 saturated heterocycles. The summed E-state index contributed by atoms with van der Waals surface area (Å²) in [5, 5.41) is 10.3. The zero-order valence-electron chi connectivity index (χ0n) is 3.81. The van der Waals surface area contributed by atoms with Gasteiger partial charge in [-0.1, -0.05) is 12.8 Å². The molecule has 1 heteroatoms. The van der Waals surface area contributed by atoms with Crippen molar-refractivity contribution in [2.75, 3.05) is 0 Å². The minimum atomic E-state index is -0.204. The molecule has 6 heavy (non-hydrogen) atoms. The largest absolute Gasteiger partial charge is 0.233 e. The Hall–Kier alpha value is -0.0400. The van der Waals surface area contributed by atoms with Crippen LogP contribution in [0, 0.1) is 0 Å². The molecule has 0 bridgehead atoms. The average molecular weight is 85.1 g/mol. The molecule has 0 aromatic rings. The molecule has 0 amide bonds. The lowest BCUT2D eigenvalue weighted by Crippen LogP contribution is -1.91. The van der Waals surface area contributed by atoms with Gasteiger partial charge in [-0.3, -0.25) is 0 Å². The van der Waals surface area contributed by atoms with Crippen molar-refractivity contribution < 1.29 is 5.11 Å². The Labute approximate surface area is 38.0 Å². The molecule has 1 rings (SSSR count). The van der Waals surface area contributed by atoms with E-state index in [-0.39, 0.29) is 6.10 Å². The van der Waals surface area contributed by atoms with Crippen LogP contribution >= 0.6 is 0 Å². The molecule has 0 aliphatic heterocycles. The molecule has 1 saturated carbocycles. The maximum Gasteiger partial charge on any atom is 0.0930 e. The van der Waals surface area contributed by atoms with Crippen LogP contribution in [-0.2, 0) is 5.11 Å². The number of hydrogen-bond donors (Lipinski definition) is 0. The van der Waals surface area contributed by atoms with E-state index in [0.717, 1.165) is 12.8 Å². The maximum absolute atomic E-state index is 10.3. The SMILES string of the molecule is [O]C1CCCC1. The lowest BCUT2D eigenvalue weighted by Gasteiger charge is -1.86. The van der Waals surface area contributed by atoms with Crippen LogP contribution in [0.25, 0.3) is 0 Å². The van der Waals surface area contributed by atoms with E-state index in [4.69, 9.17) is 0 Å². The van der Waals surface area contributed by atoms with Crippen LogP contribution < -0.4 is 0 Å². The maximum atomic E-state index is 10.3. The first kappa shape index (κ1) is 4.13. The molecule has 0 spiro atoms. The Morgan fingerprint density at radius 3 is 1.83 bits per heavy atom. The van der Waals surface area contributed by atoms with Gasteiger partial charge in [0.15, 0.2) is 0 Å². The van der Waals surface area contributed by atoms with Gasteiger partial charge in [0.25, 0.3) is 0 Å². The molecule has 1 fully saturated rings. The zero-order chi connectivity index (χ0) is 4.41. The Balaban J connectivity index is 2.18. The summed E-state index contributed by atoms with van der Waals surface area (Å²) < 4.78 is 0. The second kappa shape index (κ2) is 1.61. The van der Waals surface area contributed by atoms with E-state index in [2.05, 4.69) is 0 Å². The van der Waals surface area contributed by atoms with E-state index in [1.807, 2.05) is 0 Å².